The van der Waals surface area contributed by atoms with Crippen LogP contribution in [0.4, 0.5) is 0 Å². The van der Waals surface area contributed by atoms with Crippen molar-refractivity contribution in [3.05, 3.63) is 0 Å². The van der Waals surface area contributed by atoms with Gasteiger partial charge in [0.25, 0.3) is 0 Å². The minimum atomic E-state index is -0.163. The molecule has 0 rings (SSSR count). The molecule has 0 atom stereocenters. The molecule has 0 bridgehead atoms. The van der Waals surface area contributed by atoms with Crippen molar-refractivity contribution in [2.45, 2.75) is 72.8 Å². The van der Waals surface area contributed by atoms with Gasteiger partial charge in [-0.2, -0.15) is 0 Å². The van der Waals surface area contributed by atoms with Crippen molar-refractivity contribution >= 4 is 5.78 Å². The summed E-state index contributed by atoms with van der Waals surface area (Å²) in [4.78, 5) is 11.6. The molecule has 0 aliphatic heterocycles. The number of carbonyl (C=O) groups is 1. The molecule has 0 aliphatic carbocycles. The summed E-state index contributed by atoms with van der Waals surface area (Å²) in [5.41, 5.74) is 0.0465. The second-order valence-electron chi connectivity index (χ2n) is 6.66. The number of carbonyl (C=O) groups excluding carboxylic acids is 1. The number of hydrogen-bond donors (Lipinski definition) is 1. The number of nitrogens with one attached hydrogen (secondary N) is 1. The second-order valence-corrected chi connectivity index (χ2v) is 6.66. The number of unbranched alkanes of at least 4 members (excludes halogenated alkanes) is 2. The summed E-state index contributed by atoms with van der Waals surface area (Å²) >= 11 is 0. The van der Waals surface area contributed by atoms with Crippen molar-refractivity contribution in [3.63, 3.8) is 0 Å². The molecule has 0 saturated carbocycles. The van der Waals surface area contributed by atoms with E-state index in [4.69, 9.17) is 0 Å². The molecule has 98 valence electrons. The van der Waals surface area contributed by atoms with Gasteiger partial charge >= 0.3 is 0 Å². The Labute approximate surface area is 103 Å². The predicted molar refractivity (Wildman–Crippen MR) is 72.8 cm³/mol. The Morgan fingerprint density at radius 1 is 1.00 bits per heavy atom. The van der Waals surface area contributed by atoms with Crippen molar-refractivity contribution in [3.8, 4) is 0 Å². The number of hydrogen-bond acceptors (Lipinski definition) is 2. The molecule has 0 fully saturated rings. The van der Waals surface area contributed by atoms with Gasteiger partial charge < -0.3 is 5.32 Å². The van der Waals surface area contributed by atoms with Crippen LogP contribution in [0.1, 0.15) is 68.7 Å². The first kappa shape index (κ1) is 15.6. The van der Waals surface area contributed by atoms with Crippen molar-refractivity contribution in [2.75, 3.05) is 6.54 Å². The first-order chi connectivity index (χ1) is 7.13. The third kappa shape index (κ3) is 8.90. The summed E-state index contributed by atoms with van der Waals surface area (Å²) in [7, 11) is 0. The van der Waals surface area contributed by atoms with Crippen LogP contribution in [0.5, 0.6) is 0 Å². The van der Waals surface area contributed by atoms with Crippen LogP contribution >= 0.6 is 0 Å². The highest BCUT2D eigenvalue weighted by atomic mass is 16.1. The molecule has 0 unspecified atom stereocenters. The third-order valence-electron chi connectivity index (χ3n) is 2.57. The maximum Gasteiger partial charge on any atom is 0.138 e. The van der Waals surface area contributed by atoms with E-state index in [9.17, 15) is 4.79 Å². The maximum absolute atomic E-state index is 11.6. The zero-order valence-electron chi connectivity index (χ0n) is 11.9. The molecule has 0 saturated heterocycles. The van der Waals surface area contributed by atoms with Gasteiger partial charge in [-0.05, 0) is 40.2 Å². The Kier molecular flexibility index (Phi) is 6.24. The van der Waals surface area contributed by atoms with Crippen LogP contribution in [0, 0.1) is 5.41 Å². The molecule has 2 nitrogen and oxygen atoms in total. The average Bonchev–Trinajstić information content (AvgIpc) is 2.07. The van der Waals surface area contributed by atoms with Crippen LogP contribution in [-0.4, -0.2) is 17.9 Å². The van der Waals surface area contributed by atoms with E-state index < -0.39 is 0 Å². The fourth-order valence-corrected chi connectivity index (χ4v) is 1.43. The van der Waals surface area contributed by atoms with Crippen molar-refractivity contribution < 1.29 is 6.22 Å². The average molecular weight is 229 g/mol. The van der Waals surface area contributed by atoms with Gasteiger partial charge in [-0.15, -0.1) is 0 Å². The van der Waals surface area contributed by atoms with Crippen molar-refractivity contribution in [1.29, 1.82) is 0 Å². The summed E-state index contributed by atoms with van der Waals surface area (Å²) in [6.07, 6.45) is 4.07. The summed E-state index contributed by atoms with van der Waals surface area (Å²) in [6.45, 7) is 13.6. The van der Waals surface area contributed by atoms with Crippen LogP contribution < -0.4 is 5.32 Å². The quantitative estimate of drug-likeness (QED) is 0.702. The van der Waals surface area contributed by atoms with Crippen LogP contribution in [0.25, 0.3) is 0 Å². The van der Waals surface area contributed by atoms with Gasteiger partial charge in [-0.25, -0.2) is 0 Å². The number of rotatable bonds is 6. The molecule has 0 amide bonds. The molecule has 2 heteroatoms. The zero-order valence-corrected chi connectivity index (χ0v) is 11.9. The molecule has 0 aromatic heterocycles. The van der Waals surface area contributed by atoms with Gasteiger partial charge in [0.05, 0.1) is 0 Å². The van der Waals surface area contributed by atoms with E-state index in [0.717, 1.165) is 32.2 Å². The molecule has 16 heavy (non-hydrogen) atoms. The lowest BCUT2D eigenvalue weighted by Crippen LogP contribution is -2.36. The number of ketones is 1. The van der Waals surface area contributed by atoms with E-state index in [-0.39, 0.29) is 12.4 Å². The lowest BCUT2D eigenvalue weighted by atomic mass is 9.88. The number of Topliss-reactive ketones (excluding diaryl/α,β-unsaturated/α-hetero) is 1. The third-order valence-corrected chi connectivity index (χ3v) is 2.57. The molecule has 0 aromatic rings. The molecule has 0 heterocycles. The van der Waals surface area contributed by atoms with E-state index in [1.165, 1.54) is 0 Å². The van der Waals surface area contributed by atoms with E-state index in [0.29, 0.717) is 5.78 Å². The fraction of sp³-hybridized carbons (Fsp3) is 0.929. The minimum Gasteiger partial charge on any atom is -0.312 e. The maximum atomic E-state index is 11.6. The normalized spacial score (nSPS) is 12.9. The SMILES string of the molecule is CC(C)(C)NCCCCCC(=O)C(C)(C)C.[HH]. The van der Waals surface area contributed by atoms with E-state index in [1.807, 2.05) is 20.8 Å². The van der Waals surface area contributed by atoms with Gasteiger partial charge in [0.15, 0.2) is 0 Å². The summed E-state index contributed by atoms with van der Waals surface area (Å²) < 4.78 is 0. The summed E-state index contributed by atoms with van der Waals surface area (Å²) in [5.74, 6) is 0.385. The Bertz CT molecular complexity index is 213. The largest absolute Gasteiger partial charge is 0.312 e. The van der Waals surface area contributed by atoms with E-state index >= 15 is 0 Å². The zero-order chi connectivity index (χ0) is 12.8. The molecule has 0 radical (unpaired) electrons. The summed E-state index contributed by atoms with van der Waals surface area (Å²) in [5, 5.41) is 3.46. The predicted octanol–water partition coefficient (Wildman–Crippen LogP) is 3.80. The lowest BCUT2D eigenvalue weighted by Gasteiger charge is -2.20. The second kappa shape index (κ2) is 6.39. The highest BCUT2D eigenvalue weighted by Gasteiger charge is 2.19. The lowest BCUT2D eigenvalue weighted by molar-refractivity contribution is -0.126. The first-order valence-corrected chi connectivity index (χ1v) is 6.41. The van der Waals surface area contributed by atoms with Crippen LogP contribution in [-0.2, 0) is 4.79 Å². The summed E-state index contributed by atoms with van der Waals surface area (Å²) in [6, 6.07) is 0. The standard InChI is InChI=1S/C14H29NO.H2/c1-13(2,3)12(16)10-8-7-9-11-15-14(4,5)6;/h15H,7-11H2,1-6H3;1H. The molecule has 1 N–H and O–H groups in total. The Morgan fingerprint density at radius 2 is 1.56 bits per heavy atom. The van der Waals surface area contributed by atoms with Gasteiger partial charge in [-0.1, -0.05) is 27.2 Å². The Morgan fingerprint density at radius 3 is 2.00 bits per heavy atom. The van der Waals surface area contributed by atoms with Gasteiger partial charge in [0, 0.05) is 18.8 Å². The minimum absolute atomic E-state index is 0. The van der Waals surface area contributed by atoms with E-state index in [1.54, 1.807) is 0 Å². The Hall–Kier alpha value is -0.370. The molecule has 0 aromatic carbocycles. The fourth-order valence-electron chi connectivity index (χ4n) is 1.43. The molecule has 0 aliphatic rings. The highest BCUT2D eigenvalue weighted by molar-refractivity contribution is 5.83. The monoisotopic (exact) mass is 229 g/mol. The van der Waals surface area contributed by atoms with Crippen LogP contribution in [0.2, 0.25) is 0 Å². The van der Waals surface area contributed by atoms with E-state index in [2.05, 4.69) is 26.1 Å². The van der Waals surface area contributed by atoms with Gasteiger partial charge in [0.2, 0.25) is 0 Å². The topological polar surface area (TPSA) is 29.1 Å². The van der Waals surface area contributed by atoms with Gasteiger partial charge in [0.1, 0.15) is 5.78 Å². The smallest absolute Gasteiger partial charge is 0.138 e. The molecule has 0 spiro atoms. The molecular formula is C14H31NO. The van der Waals surface area contributed by atoms with Crippen molar-refractivity contribution in [2.24, 2.45) is 5.41 Å². The van der Waals surface area contributed by atoms with Gasteiger partial charge in [-0.3, -0.25) is 4.79 Å². The van der Waals surface area contributed by atoms with Crippen LogP contribution in [0.3, 0.4) is 0 Å². The van der Waals surface area contributed by atoms with Crippen LogP contribution in [0.15, 0.2) is 0 Å². The first-order valence-electron chi connectivity index (χ1n) is 6.41. The Balaban J connectivity index is 0. The van der Waals surface area contributed by atoms with Crippen molar-refractivity contribution in [1.82, 2.24) is 5.32 Å². The highest BCUT2D eigenvalue weighted by Crippen LogP contribution is 2.18. The molecular weight excluding hydrogens is 198 g/mol.